The third-order valence-corrected chi connectivity index (χ3v) is 5.65. The normalized spacial score (nSPS) is 12.2. The van der Waals surface area contributed by atoms with Crippen molar-refractivity contribution < 1.29 is 14.3 Å². The first-order valence-corrected chi connectivity index (χ1v) is 10.6. The van der Waals surface area contributed by atoms with Crippen molar-refractivity contribution in [3.8, 4) is 11.4 Å². The zero-order valence-corrected chi connectivity index (χ0v) is 17.9. The van der Waals surface area contributed by atoms with E-state index in [0.717, 1.165) is 27.5 Å². The molecule has 0 fully saturated rings. The monoisotopic (exact) mass is 439 g/mol. The molecule has 5 rings (SSSR count). The molecule has 0 aliphatic carbocycles. The lowest BCUT2D eigenvalue weighted by molar-refractivity contribution is -0.137. The number of anilines is 1. The molecule has 1 atom stereocenters. The molecule has 0 amide bonds. The van der Waals surface area contributed by atoms with E-state index in [0.29, 0.717) is 11.4 Å². The Labute approximate surface area is 188 Å². The van der Waals surface area contributed by atoms with E-state index >= 15 is 0 Å². The predicted octanol–water partition coefficient (Wildman–Crippen LogP) is 5.07. The number of para-hydroxylation sites is 1. The van der Waals surface area contributed by atoms with Crippen LogP contribution < -0.4 is 10.9 Å². The van der Waals surface area contributed by atoms with Gasteiger partial charge in [-0.1, -0.05) is 54.6 Å². The Morgan fingerprint density at radius 1 is 1.03 bits per heavy atom. The first kappa shape index (κ1) is 20.5. The lowest BCUT2D eigenvalue weighted by Crippen LogP contribution is -2.29. The summed E-state index contributed by atoms with van der Waals surface area (Å²) in [5, 5.41) is 14.6. The van der Waals surface area contributed by atoms with Gasteiger partial charge in [-0.25, -0.2) is 4.98 Å². The average Bonchev–Trinajstić information content (AvgIpc) is 3.20. The molecule has 7 nitrogen and oxygen atoms in total. The Kier molecular flexibility index (Phi) is 5.14. The minimum atomic E-state index is -1.11. The molecule has 0 unspecified atom stereocenters. The molecule has 0 saturated heterocycles. The summed E-state index contributed by atoms with van der Waals surface area (Å²) in [6, 6.07) is 22.6. The largest absolute Gasteiger partial charge is 0.480 e. The molecule has 164 valence electrons. The number of carboxylic acid groups (broad SMARTS) is 1. The van der Waals surface area contributed by atoms with Crippen molar-refractivity contribution in [3.05, 3.63) is 94.9 Å². The number of aromatic nitrogens is 2. The summed E-state index contributed by atoms with van der Waals surface area (Å²) in [6.45, 7) is 1.46. The Hall–Kier alpha value is -4.39. The number of carboxylic acids is 1. The number of fused-ring (bicyclic) bond motifs is 3. The number of hydrogen-bond acceptors (Lipinski definition) is 5. The number of nitrogens with one attached hydrogen (secondary N) is 1. The van der Waals surface area contributed by atoms with Gasteiger partial charge in [0, 0.05) is 22.4 Å². The number of carbonyl (C=O) groups is 1. The number of furan rings is 1. The van der Waals surface area contributed by atoms with Gasteiger partial charge in [0.05, 0.1) is 6.20 Å². The molecule has 0 aliphatic heterocycles. The summed E-state index contributed by atoms with van der Waals surface area (Å²) in [5.41, 5.74) is 3.05. The number of hydrogen-bond donors (Lipinski definition) is 2. The fourth-order valence-electron chi connectivity index (χ4n) is 4.02. The van der Waals surface area contributed by atoms with E-state index in [9.17, 15) is 14.7 Å². The Morgan fingerprint density at radius 3 is 2.55 bits per heavy atom. The molecule has 33 heavy (non-hydrogen) atoms. The summed E-state index contributed by atoms with van der Waals surface area (Å²) >= 11 is 0. The van der Waals surface area contributed by atoms with Crippen LogP contribution in [0.1, 0.15) is 18.5 Å². The fraction of sp³-hybridized carbons (Fsp3) is 0.115. The third kappa shape index (κ3) is 3.85. The zero-order chi connectivity index (χ0) is 22.9. The van der Waals surface area contributed by atoms with Crippen molar-refractivity contribution in [1.29, 1.82) is 0 Å². The molecule has 0 aliphatic rings. The Morgan fingerprint density at radius 2 is 1.76 bits per heavy atom. The van der Waals surface area contributed by atoms with E-state index < -0.39 is 18.1 Å². The highest BCUT2D eigenvalue weighted by Crippen LogP contribution is 2.31. The summed E-state index contributed by atoms with van der Waals surface area (Å²) in [4.78, 5) is 29.1. The van der Waals surface area contributed by atoms with E-state index in [1.165, 1.54) is 10.8 Å². The van der Waals surface area contributed by atoms with E-state index in [2.05, 4.69) is 10.3 Å². The second-order valence-electron chi connectivity index (χ2n) is 7.87. The molecule has 2 aromatic heterocycles. The second kappa shape index (κ2) is 8.27. The van der Waals surface area contributed by atoms with E-state index in [1.807, 2.05) is 67.6 Å². The van der Waals surface area contributed by atoms with Crippen LogP contribution in [0.5, 0.6) is 0 Å². The van der Waals surface area contributed by atoms with Gasteiger partial charge in [0.15, 0.2) is 0 Å². The molecular formula is C26H21N3O4. The maximum Gasteiger partial charge on any atom is 0.323 e. The molecule has 0 radical (unpaired) electrons. The highest BCUT2D eigenvalue weighted by Gasteiger charge is 2.17. The van der Waals surface area contributed by atoms with E-state index in [1.54, 1.807) is 12.1 Å². The molecule has 3 aromatic carbocycles. The number of aliphatic carboxylic acids is 1. The molecule has 7 heteroatoms. The van der Waals surface area contributed by atoms with Crippen LogP contribution in [0.2, 0.25) is 0 Å². The van der Waals surface area contributed by atoms with Gasteiger partial charge in [-0.05, 0) is 30.7 Å². The van der Waals surface area contributed by atoms with Crippen molar-refractivity contribution in [1.82, 2.24) is 9.55 Å². The summed E-state index contributed by atoms with van der Waals surface area (Å²) in [5.74, 6) is -0.800. The smallest absolute Gasteiger partial charge is 0.323 e. The van der Waals surface area contributed by atoms with Gasteiger partial charge in [-0.15, -0.1) is 0 Å². The molecule has 2 heterocycles. The van der Waals surface area contributed by atoms with Crippen LogP contribution in [0.15, 0.2) is 88.2 Å². The van der Waals surface area contributed by atoms with Crippen LogP contribution in [-0.4, -0.2) is 20.6 Å². The average molecular weight is 439 g/mol. The van der Waals surface area contributed by atoms with Crippen molar-refractivity contribution in [2.75, 3.05) is 5.32 Å². The quantitative estimate of drug-likeness (QED) is 0.383. The van der Waals surface area contributed by atoms with Crippen LogP contribution in [0.3, 0.4) is 0 Å². The molecular weight excluding hydrogens is 418 g/mol. The first-order chi connectivity index (χ1) is 16.0. The molecule has 5 aromatic rings. The molecule has 2 N–H and O–H groups in total. The van der Waals surface area contributed by atoms with Crippen molar-refractivity contribution >= 4 is 33.6 Å². The predicted molar refractivity (Wildman–Crippen MR) is 127 cm³/mol. The van der Waals surface area contributed by atoms with Gasteiger partial charge in [-0.3, -0.25) is 14.2 Å². The van der Waals surface area contributed by atoms with Gasteiger partial charge < -0.3 is 14.8 Å². The van der Waals surface area contributed by atoms with Crippen LogP contribution >= 0.6 is 0 Å². The fourth-order valence-corrected chi connectivity index (χ4v) is 4.02. The van der Waals surface area contributed by atoms with Crippen molar-refractivity contribution in [2.45, 2.75) is 19.5 Å². The Bertz CT molecular complexity index is 1540. The van der Waals surface area contributed by atoms with Gasteiger partial charge in [0.1, 0.15) is 29.2 Å². The second-order valence-corrected chi connectivity index (χ2v) is 7.87. The Balaban J connectivity index is 1.51. The number of rotatable bonds is 6. The van der Waals surface area contributed by atoms with Crippen LogP contribution in [0.4, 0.5) is 5.69 Å². The lowest BCUT2D eigenvalue weighted by atomic mass is 10.0. The summed E-state index contributed by atoms with van der Waals surface area (Å²) in [7, 11) is 0. The van der Waals surface area contributed by atoms with Crippen molar-refractivity contribution in [2.24, 2.45) is 0 Å². The van der Waals surface area contributed by atoms with Gasteiger partial charge in [0.25, 0.3) is 5.56 Å². The zero-order valence-electron chi connectivity index (χ0n) is 17.9. The number of benzene rings is 3. The maximum atomic E-state index is 13.2. The van der Waals surface area contributed by atoms with Gasteiger partial charge in [-0.2, -0.15) is 0 Å². The van der Waals surface area contributed by atoms with Crippen LogP contribution in [0.25, 0.3) is 33.3 Å². The highest BCUT2D eigenvalue weighted by molar-refractivity contribution is 6.05. The first-order valence-electron chi connectivity index (χ1n) is 10.6. The molecule has 0 spiro atoms. The van der Waals surface area contributed by atoms with Crippen molar-refractivity contribution in [3.63, 3.8) is 0 Å². The van der Waals surface area contributed by atoms with E-state index in [-0.39, 0.29) is 11.7 Å². The van der Waals surface area contributed by atoms with Crippen LogP contribution in [-0.2, 0) is 11.3 Å². The van der Waals surface area contributed by atoms with Gasteiger partial charge in [0.2, 0.25) is 0 Å². The standard InChI is InChI=1S/C26H21N3O4/c1-16(18-11-12-23-20(13-18)19-9-5-6-10-22(19)33-23)28-21-14-27-25(17-7-3-2-4-8-17)29(26(21)32)15-24(30)31/h2-14,16,28H,15H2,1H3,(H,30,31)/t16-/m0/s1. The van der Waals surface area contributed by atoms with Crippen LogP contribution in [0, 0.1) is 0 Å². The molecule has 0 saturated carbocycles. The minimum absolute atomic E-state index is 0.224. The van der Waals surface area contributed by atoms with Gasteiger partial charge >= 0.3 is 5.97 Å². The third-order valence-electron chi connectivity index (χ3n) is 5.65. The number of nitrogens with zero attached hydrogens (tertiary/aromatic N) is 2. The summed E-state index contributed by atoms with van der Waals surface area (Å²) < 4.78 is 7.07. The lowest BCUT2D eigenvalue weighted by Gasteiger charge is -2.17. The topological polar surface area (TPSA) is 97.4 Å². The highest BCUT2D eigenvalue weighted by atomic mass is 16.4. The SMILES string of the molecule is C[C@H](Nc1cnc(-c2ccccc2)n(CC(=O)O)c1=O)c1ccc2oc3ccccc3c2c1. The molecule has 0 bridgehead atoms. The maximum absolute atomic E-state index is 13.2. The minimum Gasteiger partial charge on any atom is -0.480 e. The summed E-state index contributed by atoms with van der Waals surface area (Å²) in [6.07, 6.45) is 1.46. The van der Waals surface area contributed by atoms with E-state index in [4.69, 9.17) is 4.42 Å².